The molecule has 7 heteroatoms. The lowest BCUT2D eigenvalue weighted by atomic mass is 9.94. The molecule has 0 N–H and O–H groups in total. The average molecular weight is 434 g/mol. The van der Waals surface area contributed by atoms with Gasteiger partial charge in [0.2, 0.25) is 11.8 Å². The number of morpholine rings is 1. The van der Waals surface area contributed by atoms with Crippen LogP contribution in [0.4, 0.5) is 5.69 Å². The summed E-state index contributed by atoms with van der Waals surface area (Å²) in [6.07, 6.45) is 2.95. The number of hydrogen-bond acceptors (Lipinski definition) is 4. The van der Waals surface area contributed by atoms with E-state index in [0.717, 1.165) is 51.3 Å². The number of ether oxygens (including phenoxy) is 1. The van der Waals surface area contributed by atoms with Gasteiger partial charge in [0.15, 0.2) is 0 Å². The lowest BCUT2D eigenvalue weighted by Crippen LogP contribution is -2.49. The molecule has 164 valence electrons. The highest BCUT2D eigenvalue weighted by Crippen LogP contribution is 2.29. The zero-order valence-corrected chi connectivity index (χ0v) is 18.7. The van der Waals surface area contributed by atoms with E-state index < -0.39 is 0 Å². The van der Waals surface area contributed by atoms with E-state index in [9.17, 15) is 9.59 Å². The Morgan fingerprint density at radius 2 is 1.70 bits per heavy atom. The maximum atomic E-state index is 13.1. The van der Waals surface area contributed by atoms with Crippen LogP contribution in [0.25, 0.3) is 0 Å². The molecule has 2 amide bonds. The number of hydrogen-bond donors (Lipinski definition) is 0. The van der Waals surface area contributed by atoms with Gasteiger partial charge >= 0.3 is 0 Å². The number of benzene rings is 1. The third-order valence-electron chi connectivity index (χ3n) is 6.55. The Kier molecular flexibility index (Phi) is 6.66. The number of nitrogens with zero attached hydrogens (tertiary/aromatic N) is 3. The Morgan fingerprint density at radius 3 is 2.33 bits per heavy atom. The number of rotatable bonds is 4. The average Bonchev–Trinajstić information content (AvgIpc) is 3.09. The summed E-state index contributed by atoms with van der Waals surface area (Å²) in [5, 5.41) is 0.641. The molecule has 4 rings (SSSR count). The number of piperidine rings is 1. The number of carbonyl (C=O) groups is 2. The van der Waals surface area contributed by atoms with Gasteiger partial charge < -0.3 is 14.5 Å². The van der Waals surface area contributed by atoms with Crippen LogP contribution >= 0.6 is 11.6 Å². The molecule has 6 nitrogen and oxygen atoms in total. The quantitative estimate of drug-likeness (QED) is 0.732. The Bertz CT molecular complexity index is 753. The molecular weight excluding hydrogens is 402 g/mol. The fourth-order valence-corrected chi connectivity index (χ4v) is 5.26. The molecule has 0 radical (unpaired) electrons. The van der Waals surface area contributed by atoms with Crippen LogP contribution in [0.5, 0.6) is 0 Å². The van der Waals surface area contributed by atoms with Gasteiger partial charge in [-0.1, -0.05) is 11.6 Å². The summed E-state index contributed by atoms with van der Waals surface area (Å²) in [7, 11) is 0. The van der Waals surface area contributed by atoms with Gasteiger partial charge in [0, 0.05) is 56.4 Å². The first-order valence-corrected chi connectivity index (χ1v) is 11.5. The molecule has 3 saturated heterocycles. The van der Waals surface area contributed by atoms with E-state index in [2.05, 4.69) is 18.7 Å². The van der Waals surface area contributed by atoms with Crippen molar-refractivity contribution in [3.8, 4) is 0 Å². The van der Waals surface area contributed by atoms with Crippen molar-refractivity contribution in [1.29, 1.82) is 0 Å². The van der Waals surface area contributed by atoms with Crippen molar-refractivity contribution in [2.24, 2.45) is 11.8 Å². The Hall–Kier alpha value is -1.63. The van der Waals surface area contributed by atoms with Crippen molar-refractivity contribution in [1.82, 2.24) is 9.80 Å². The highest BCUT2D eigenvalue weighted by atomic mass is 35.5. The third kappa shape index (κ3) is 4.98. The largest absolute Gasteiger partial charge is 0.373 e. The van der Waals surface area contributed by atoms with Crippen molar-refractivity contribution >= 4 is 29.1 Å². The molecule has 0 bridgehead atoms. The Morgan fingerprint density at radius 1 is 1.07 bits per heavy atom. The molecule has 0 aromatic heterocycles. The second-order valence-electron chi connectivity index (χ2n) is 9.13. The summed E-state index contributed by atoms with van der Waals surface area (Å²) in [5.41, 5.74) is 0.812. The zero-order valence-electron chi connectivity index (χ0n) is 17.9. The minimum Gasteiger partial charge on any atom is -0.373 e. The van der Waals surface area contributed by atoms with Gasteiger partial charge in [0.05, 0.1) is 18.1 Å². The molecule has 1 aromatic rings. The van der Waals surface area contributed by atoms with E-state index in [4.69, 9.17) is 16.3 Å². The smallest absolute Gasteiger partial charge is 0.228 e. The predicted octanol–water partition coefficient (Wildman–Crippen LogP) is 3.04. The first-order chi connectivity index (χ1) is 14.4. The fourth-order valence-electron chi connectivity index (χ4n) is 5.14. The van der Waals surface area contributed by atoms with Crippen LogP contribution in [0.1, 0.15) is 33.1 Å². The van der Waals surface area contributed by atoms with Crippen LogP contribution in [0.2, 0.25) is 5.02 Å². The van der Waals surface area contributed by atoms with Crippen LogP contribution < -0.4 is 4.90 Å². The first kappa shape index (κ1) is 21.6. The van der Waals surface area contributed by atoms with Gasteiger partial charge in [-0.2, -0.15) is 0 Å². The molecule has 3 aliphatic rings. The van der Waals surface area contributed by atoms with Crippen LogP contribution in [0.3, 0.4) is 0 Å². The van der Waals surface area contributed by atoms with Gasteiger partial charge in [-0.25, -0.2) is 0 Å². The number of likely N-dealkylation sites (tertiary alicyclic amines) is 1. The van der Waals surface area contributed by atoms with Crippen molar-refractivity contribution < 1.29 is 14.3 Å². The summed E-state index contributed by atoms with van der Waals surface area (Å²) in [4.78, 5) is 31.8. The molecule has 3 heterocycles. The number of amides is 2. The number of halogens is 1. The molecule has 1 aromatic carbocycles. The van der Waals surface area contributed by atoms with Crippen molar-refractivity contribution in [2.45, 2.75) is 45.3 Å². The maximum Gasteiger partial charge on any atom is 0.228 e. The second kappa shape index (κ2) is 9.25. The highest BCUT2D eigenvalue weighted by molar-refractivity contribution is 6.30. The van der Waals surface area contributed by atoms with E-state index in [1.165, 1.54) is 0 Å². The Labute approximate surface area is 184 Å². The van der Waals surface area contributed by atoms with E-state index in [1.54, 1.807) is 17.0 Å². The topological polar surface area (TPSA) is 53.1 Å². The molecule has 3 fully saturated rings. The molecule has 0 spiro atoms. The van der Waals surface area contributed by atoms with E-state index in [1.807, 2.05) is 17.0 Å². The van der Waals surface area contributed by atoms with Crippen LogP contribution in [-0.2, 0) is 14.3 Å². The summed E-state index contributed by atoms with van der Waals surface area (Å²) in [6.45, 7) is 9.41. The number of carbonyl (C=O) groups excluding carboxylic acids is 2. The van der Waals surface area contributed by atoms with E-state index in [0.29, 0.717) is 36.1 Å². The fraction of sp³-hybridized carbons (Fsp3) is 0.652. The molecule has 3 aliphatic heterocycles. The normalized spacial score (nSPS) is 28.9. The van der Waals surface area contributed by atoms with Crippen molar-refractivity contribution in [2.75, 3.05) is 44.2 Å². The van der Waals surface area contributed by atoms with Crippen molar-refractivity contribution in [3.05, 3.63) is 29.3 Å². The summed E-state index contributed by atoms with van der Waals surface area (Å²) in [6, 6.07) is 7.23. The zero-order chi connectivity index (χ0) is 21.3. The Balaban J connectivity index is 1.27. The monoisotopic (exact) mass is 433 g/mol. The predicted molar refractivity (Wildman–Crippen MR) is 118 cm³/mol. The van der Waals surface area contributed by atoms with E-state index in [-0.39, 0.29) is 17.7 Å². The third-order valence-corrected chi connectivity index (χ3v) is 6.80. The van der Waals surface area contributed by atoms with Crippen LogP contribution in [0.15, 0.2) is 24.3 Å². The molecule has 3 atom stereocenters. The van der Waals surface area contributed by atoms with Gasteiger partial charge in [0.25, 0.3) is 0 Å². The van der Waals surface area contributed by atoms with Gasteiger partial charge in [-0.15, -0.1) is 0 Å². The first-order valence-electron chi connectivity index (χ1n) is 11.1. The van der Waals surface area contributed by atoms with Crippen LogP contribution in [0, 0.1) is 11.8 Å². The summed E-state index contributed by atoms with van der Waals surface area (Å²) >= 11 is 5.95. The standard InChI is InChI=1S/C23H32ClN3O3/c1-16-12-25(13-17(2)30-16)14-18-7-9-26(10-8-18)23(29)19-11-22(28)27(15-19)21-5-3-20(24)4-6-21/h3-6,16-19H,7-15H2,1-2H3. The lowest BCUT2D eigenvalue weighted by Gasteiger charge is -2.39. The van der Waals surface area contributed by atoms with Gasteiger partial charge in [-0.3, -0.25) is 14.5 Å². The molecule has 30 heavy (non-hydrogen) atoms. The van der Waals surface area contributed by atoms with Crippen molar-refractivity contribution in [3.63, 3.8) is 0 Å². The minimum absolute atomic E-state index is 0.0149. The highest BCUT2D eigenvalue weighted by Gasteiger charge is 2.38. The molecular formula is C23H32ClN3O3. The van der Waals surface area contributed by atoms with Gasteiger partial charge in [0.1, 0.15) is 0 Å². The maximum absolute atomic E-state index is 13.1. The van der Waals surface area contributed by atoms with Crippen LogP contribution in [-0.4, -0.2) is 73.1 Å². The number of anilines is 1. The van der Waals surface area contributed by atoms with E-state index >= 15 is 0 Å². The molecule has 0 aliphatic carbocycles. The minimum atomic E-state index is -0.245. The summed E-state index contributed by atoms with van der Waals surface area (Å²) in [5.74, 6) is 0.529. The SMILES string of the molecule is CC1CN(CC2CCN(C(=O)C3CC(=O)N(c4ccc(Cl)cc4)C3)CC2)CC(C)O1. The lowest BCUT2D eigenvalue weighted by molar-refractivity contribution is -0.137. The summed E-state index contributed by atoms with van der Waals surface area (Å²) < 4.78 is 5.83. The second-order valence-corrected chi connectivity index (χ2v) is 9.56. The van der Waals surface area contributed by atoms with Gasteiger partial charge in [-0.05, 0) is 56.9 Å². The molecule has 0 saturated carbocycles. The molecule has 3 unspecified atom stereocenters.